The Balaban J connectivity index is 1.66. The molecule has 1 amide bonds. The van der Waals surface area contributed by atoms with Crippen LogP contribution in [0.15, 0.2) is 4.52 Å². The van der Waals surface area contributed by atoms with E-state index in [0.717, 1.165) is 69.2 Å². The quantitative estimate of drug-likeness (QED) is 0.915. The third kappa shape index (κ3) is 2.72. The Morgan fingerprint density at radius 3 is 2.92 bits per heavy atom. The lowest BCUT2D eigenvalue weighted by molar-refractivity contribution is 0.0663. The van der Waals surface area contributed by atoms with Crippen molar-refractivity contribution in [2.75, 3.05) is 6.54 Å². The molecule has 0 saturated carbocycles. The summed E-state index contributed by atoms with van der Waals surface area (Å²) in [5, 5.41) is 11.5. The van der Waals surface area contributed by atoms with Crippen molar-refractivity contribution >= 4 is 5.91 Å². The van der Waals surface area contributed by atoms with E-state index in [2.05, 4.69) is 20.3 Å². The monoisotopic (exact) mass is 329 g/mol. The van der Waals surface area contributed by atoms with Gasteiger partial charge >= 0.3 is 0 Å². The van der Waals surface area contributed by atoms with Crippen LogP contribution in [0.5, 0.6) is 0 Å². The van der Waals surface area contributed by atoms with Gasteiger partial charge in [-0.1, -0.05) is 18.0 Å². The Kier molecular flexibility index (Phi) is 4.08. The molecule has 2 aliphatic rings. The highest BCUT2D eigenvalue weighted by atomic mass is 16.5. The van der Waals surface area contributed by atoms with Gasteiger partial charge in [0.25, 0.3) is 5.91 Å². The second kappa shape index (κ2) is 6.37. The predicted molar refractivity (Wildman–Crippen MR) is 86.5 cm³/mol. The number of nitrogens with one attached hydrogen (secondary N) is 1. The summed E-state index contributed by atoms with van der Waals surface area (Å²) in [4.78, 5) is 19.5. The van der Waals surface area contributed by atoms with E-state index in [-0.39, 0.29) is 11.9 Å². The van der Waals surface area contributed by atoms with Crippen LogP contribution >= 0.6 is 0 Å². The van der Waals surface area contributed by atoms with E-state index in [1.54, 1.807) is 6.92 Å². The molecule has 1 aliphatic carbocycles. The van der Waals surface area contributed by atoms with Crippen LogP contribution in [0.1, 0.15) is 78.0 Å². The minimum atomic E-state index is -0.117. The summed E-state index contributed by atoms with van der Waals surface area (Å²) in [7, 11) is 0. The molecule has 4 rings (SSSR count). The first-order chi connectivity index (χ1) is 11.7. The third-order valence-electron chi connectivity index (χ3n) is 5.11. The van der Waals surface area contributed by atoms with Crippen molar-refractivity contribution in [2.24, 2.45) is 0 Å². The normalized spacial score (nSPS) is 21.4. The number of rotatable bonds is 2. The molecule has 7 nitrogen and oxygen atoms in total. The Morgan fingerprint density at radius 1 is 1.21 bits per heavy atom. The summed E-state index contributed by atoms with van der Waals surface area (Å²) in [5.74, 6) is 1.16. The van der Waals surface area contributed by atoms with E-state index >= 15 is 0 Å². The fraction of sp³-hybridized carbons (Fsp3) is 0.647. The lowest BCUT2D eigenvalue weighted by Crippen LogP contribution is -2.36. The molecule has 1 fully saturated rings. The maximum absolute atomic E-state index is 13.2. The number of amides is 1. The van der Waals surface area contributed by atoms with Gasteiger partial charge in [0, 0.05) is 24.7 Å². The smallest absolute Gasteiger partial charge is 0.275 e. The van der Waals surface area contributed by atoms with Gasteiger partial charge in [0.2, 0.25) is 5.89 Å². The second-order valence-electron chi connectivity index (χ2n) is 6.77. The SMILES string of the molecule is Cc1nc(C2CCCCCN2C(=O)c2n[nH]c3c2CCCC3)no1. The fourth-order valence-corrected chi connectivity index (χ4v) is 3.86. The topological polar surface area (TPSA) is 87.9 Å². The zero-order chi connectivity index (χ0) is 16.5. The summed E-state index contributed by atoms with van der Waals surface area (Å²) in [6.45, 7) is 2.50. The van der Waals surface area contributed by atoms with Gasteiger partial charge in [-0.05, 0) is 38.5 Å². The van der Waals surface area contributed by atoms with Crippen molar-refractivity contribution in [3.63, 3.8) is 0 Å². The third-order valence-corrected chi connectivity index (χ3v) is 5.11. The number of carbonyl (C=O) groups excluding carboxylic acids is 1. The molecule has 7 heteroatoms. The van der Waals surface area contributed by atoms with Crippen LogP contribution in [0.3, 0.4) is 0 Å². The molecule has 0 radical (unpaired) electrons. The Hall–Kier alpha value is -2.18. The van der Waals surface area contributed by atoms with Gasteiger partial charge in [-0.25, -0.2) is 0 Å². The lowest BCUT2D eigenvalue weighted by atomic mass is 9.95. The van der Waals surface area contributed by atoms with Crippen molar-refractivity contribution < 1.29 is 9.32 Å². The average molecular weight is 329 g/mol. The van der Waals surface area contributed by atoms with Crippen molar-refractivity contribution in [3.05, 3.63) is 28.7 Å². The van der Waals surface area contributed by atoms with Crippen LogP contribution in [-0.2, 0) is 12.8 Å². The number of likely N-dealkylation sites (tertiary alicyclic amines) is 1. The Morgan fingerprint density at radius 2 is 2.08 bits per heavy atom. The molecule has 1 aliphatic heterocycles. The molecule has 3 heterocycles. The molecule has 0 spiro atoms. The summed E-state index contributed by atoms with van der Waals surface area (Å²) < 4.78 is 5.15. The highest BCUT2D eigenvalue weighted by Crippen LogP contribution is 2.31. The van der Waals surface area contributed by atoms with Crippen LogP contribution in [0.4, 0.5) is 0 Å². The molecular weight excluding hydrogens is 306 g/mol. The number of fused-ring (bicyclic) bond motifs is 1. The van der Waals surface area contributed by atoms with Crippen molar-refractivity contribution in [1.29, 1.82) is 0 Å². The van der Waals surface area contributed by atoms with E-state index in [9.17, 15) is 4.79 Å². The summed E-state index contributed by atoms with van der Waals surface area (Å²) in [6, 6.07) is -0.117. The maximum atomic E-state index is 13.2. The molecule has 0 aromatic carbocycles. The van der Waals surface area contributed by atoms with Gasteiger partial charge in [0.1, 0.15) is 0 Å². The first kappa shape index (κ1) is 15.4. The maximum Gasteiger partial charge on any atom is 0.275 e. The van der Waals surface area contributed by atoms with Crippen molar-refractivity contribution in [3.8, 4) is 0 Å². The molecule has 2 aromatic heterocycles. The van der Waals surface area contributed by atoms with Crippen LogP contribution < -0.4 is 0 Å². The highest BCUT2D eigenvalue weighted by Gasteiger charge is 2.33. The Bertz CT molecular complexity index is 735. The zero-order valence-corrected chi connectivity index (χ0v) is 14.0. The molecule has 24 heavy (non-hydrogen) atoms. The van der Waals surface area contributed by atoms with Gasteiger partial charge in [0.05, 0.1) is 6.04 Å². The highest BCUT2D eigenvalue weighted by molar-refractivity contribution is 5.94. The van der Waals surface area contributed by atoms with Gasteiger partial charge in [-0.2, -0.15) is 10.1 Å². The Labute approximate surface area is 140 Å². The van der Waals surface area contributed by atoms with Crippen LogP contribution in [-0.4, -0.2) is 37.7 Å². The van der Waals surface area contributed by atoms with Crippen LogP contribution in [0.2, 0.25) is 0 Å². The van der Waals surface area contributed by atoms with Gasteiger partial charge in [-0.3, -0.25) is 9.89 Å². The van der Waals surface area contributed by atoms with Gasteiger partial charge in [-0.15, -0.1) is 0 Å². The van der Waals surface area contributed by atoms with Crippen LogP contribution in [0, 0.1) is 6.92 Å². The largest absolute Gasteiger partial charge is 0.340 e. The minimum absolute atomic E-state index is 0.00348. The van der Waals surface area contributed by atoms with E-state index in [1.807, 2.05) is 4.90 Å². The number of hydrogen-bond donors (Lipinski definition) is 1. The molecule has 1 N–H and O–H groups in total. The number of aryl methyl sites for hydroxylation is 2. The number of aromatic amines is 1. The number of hydrogen-bond acceptors (Lipinski definition) is 5. The van der Waals surface area contributed by atoms with Crippen molar-refractivity contribution in [1.82, 2.24) is 25.2 Å². The zero-order valence-electron chi connectivity index (χ0n) is 14.0. The summed E-state index contributed by atoms with van der Waals surface area (Å²) >= 11 is 0. The van der Waals surface area contributed by atoms with Crippen molar-refractivity contribution in [2.45, 2.75) is 64.3 Å². The average Bonchev–Trinajstić information content (AvgIpc) is 3.13. The van der Waals surface area contributed by atoms with E-state index in [1.165, 1.54) is 0 Å². The molecular formula is C17H23N5O2. The fourth-order valence-electron chi connectivity index (χ4n) is 3.86. The first-order valence-corrected chi connectivity index (χ1v) is 8.91. The van der Waals surface area contributed by atoms with E-state index in [4.69, 9.17) is 4.52 Å². The summed E-state index contributed by atoms with van der Waals surface area (Å²) in [5.41, 5.74) is 2.83. The lowest BCUT2D eigenvalue weighted by Gasteiger charge is -2.27. The standard InChI is InChI=1S/C17H23N5O2/c1-11-18-16(21-24-11)14-9-3-2-6-10-22(14)17(23)15-12-7-4-5-8-13(12)19-20-15/h14H,2-10H2,1H3,(H,19,20). The molecule has 1 atom stereocenters. The summed E-state index contributed by atoms with van der Waals surface area (Å²) in [6.07, 6.45) is 8.28. The number of aromatic nitrogens is 4. The van der Waals surface area contributed by atoms with E-state index < -0.39 is 0 Å². The van der Waals surface area contributed by atoms with Gasteiger partial charge < -0.3 is 9.42 Å². The molecule has 1 unspecified atom stereocenters. The minimum Gasteiger partial charge on any atom is -0.340 e. The molecule has 1 saturated heterocycles. The molecule has 2 aromatic rings. The number of H-pyrrole nitrogens is 1. The second-order valence-corrected chi connectivity index (χ2v) is 6.77. The molecule has 0 bridgehead atoms. The number of nitrogens with zero attached hydrogens (tertiary/aromatic N) is 4. The predicted octanol–water partition coefficient (Wildman–Crippen LogP) is 2.74. The molecule has 128 valence electrons. The number of carbonyl (C=O) groups is 1. The first-order valence-electron chi connectivity index (χ1n) is 8.91. The van der Waals surface area contributed by atoms with Crippen LogP contribution in [0.25, 0.3) is 0 Å². The van der Waals surface area contributed by atoms with E-state index in [0.29, 0.717) is 17.4 Å². The van der Waals surface area contributed by atoms with Gasteiger partial charge in [0.15, 0.2) is 11.5 Å².